The van der Waals surface area contributed by atoms with E-state index in [1.807, 2.05) is 0 Å². The van der Waals surface area contributed by atoms with Gasteiger partial charge in [-0.25, -0.2) is 13.4 Å². The fourth-order valence-corrected chi connectivity index (χ4v) is 5.01. The predicted molar refractivity (Wildman–Crippen MR) is 126 cm³/mol. The van der Waals surface area contributed by atoms with Crippen LogP contribution in [-0.2, 0) is 16.2 Å². The molecule has 0 aliphatic heterocycles. The molecule has 2 N–H and O–H groups in total. The Hall–Kier alpha value is -2.57. The van der Waals surface area contributed by atoms with E-state index in [0.29, 0.717) is 40.2 Å². The third kappa shape index (κ3) is 5.81. The second-order valence-corrected chi connectivity index (χ2v) is 11.0. The summed E-state index contributed by atoms with van der Waals surface area (Å²) in [5.74, 6) is -0.587. The van der Waals surface area contributed by atoms with Crippen molar-refractivity contribution < 1.29 is 26.4 Å². The Morgan fingerprint density at radius 2 is 1.89 bits per heavy atom. The summed E-state index contributed by atoms with van der Waals surface area (Å²) in [6.07, 6.45) is -0.219. The second kappa shape index (κ2) is 9.47. The number of carbonyl (C=O) groups is 1. The Balaban J connectivity index is 1.53. The van der Waals surface area contributed by atoms with Crippen LogP contribution < -0.4 is 10.6 Å². The number of aromatic nitrogens is 3. The smallest absolute Gasteiger partial charge is 0.382 e. The highest BCUT2D eigenvalue weighted by Crippen LogP contribution is 2.35. The van der Waals surface area contributed by atoms with Gasteiger partial charge < -0.3 is 10.6 Å². The molecular formula is C21H20Cl2F3N5O3S. The second-order valence-electron chi connectivity index (χ2n) is 8.36. The van der Waals surface area contributed by atoms with Crippen LogP contribution in [0.4, 0.5) is 18.9 Å². The molecule has 1 aromatic carbocycles. The summed E-state index contributed by atoms with van der Waals surface area (Å²) in [5, 5.41) is 10.2. The van der Waals surface area contributed by atoms with Gasteiger partial charge in [0.15, 0.2) is 5.15 Å². The van der Waals surface area contributed by atoms with Crippen LogP contribution in [-0.4, -0.2) is 46.8 Å². The Kier molecular flexibility index (Phi) is 6.91. The minimum Gasteiger partial charge on any atom is -0.382 e. The number of fused-ring (bicyclic) bond motifs is 1. The Morgan fingerprint density at radius 1 is 1.17 bits per heavy atom. The first-order chi connectivity index (χ1) is 16.3. The Bertz CT molecular complexity index is 1390. The van der Waals surface area contributed by atoms with Crippen molar-refractivity contribution in [2.75, 3.05) is 11.6 Å². The minimum absolute atomic E-state index is 0.0863. The number of hydrogen-bond donors (Lipinski definition) is 2. The number of amides is 1. The zero-order chi connectivity index (χ0) is 25.5. The van der Waals surface area contributed by atoms with Gasteiger partial charge in [0.25, 0.3) is 15.9 Å². The lowest BCUT2D eigenvalue weighted by atomic mass is 9.90. The van der Waals surface area contributed by atoms with Crippen LogP contribution in [0.15, 0.2) is 30.5 Å². The maximum absolute atomic E-state index is 13.4. The van der Waals surface area contributed by atoms with E-state index in [9.17, 15) is 26.4 Å². The highest BCUT2D eigenvalue weighted by atomic mass is 35.5. The molecule has 0 saturated heterocycles. The molecule has 188 valence electrons. The van der Waals surface area contributed by atoms with Gasteiger partial charge in [0.05, 0.1) is 23.5 Å². The van der Waals surface area contributed by atoms with E-state index >= 15 is 0 Å². The van der Waals surface area contributed by atoms with Gasteiger partial charge in [-0.1, -0.05) is 23.2 Å². The largest absolute Gasteiger partial charge is 0.433 e. The molecule has 0 spiro atoms. The van der Waals surface area contributed by atoms with E-state index < -0.39 is 27.8 Å². The first kappa shape index (κ1) is 25.5. The first-order valence-electron chi connectivity index (χ1n) is 10.5. The summed E-state index contributed by atoms with van der Waals surface area (Å²) >= 11 is 12.0. The molecule has 1 aliphatic rings. The number of anilines is 1. The van der Waals surface area contributed by atoms with E-state index in [2.05, 4.69) is 20.7 Å². The summed E-state index contributed by atoms with van der Waals surface area (Å²) in [6, 6.07) is 4.86. The average molecular weight is 550 g/mol. The number of nitrogens with one attached hydrogen (secondary N) is 2. The zero-order valence-electron chi connectivity index (χ0n) is 18.2. The lowest BCUT2D eigenvalue weighted by Gasteiger charge is -2.31. The van der Waals surface area contributed by atoms with Gasteiger partial charge in [0, 0.05) is 28.2 Å². The van der Waals surface area contributed by atoms with Gasteiger partial charge >= 0.3 is 6.18 Å². The van der Waals surface area contributed by atoms with Crippen LogP contribution in [0.3, 0.4) is 0 Å². The lowest BCUT2D eigenvalue weighted by molar-refractivity contribution is -0.140. The topological polar surface area (TPSA) is 106 Å². The zero-order valence-corrected chi connectivity index (χ0v) is 20.6. The number of benzene rings is 1. The van der Waals surface area contributed by atoms with Crippen molar-refractivity contribution >= 4 is 55.7 Å². The van der Waals surface area contributed by atoms with Gasteiger partial charge in [-0.3, -0.25) is 4.79 Å². The van der Waals surface area contributed by atoms with Crippen LogP contribution in [0.25, 0.3) is 10.9 Å². The summed E-state index contributed by atoms with van der Waals surface area (Å²) in [7, 11) is -3.71. The maximum atomic E-state index is 13.4. The third-order valence-electron chi connectivity index (χ3n) is 5.66. The quantitative estimate of drug-likeness (QED) is 0.477. The molecule has 4 rings (SSSR count). The molecule has 2 heterocycles. The number of halogens is 5. The number of alkyl halides is 3. The lowest BCUT2D eigenvalue weighted by Crippen LogP contribution is -2.41. The van der Waals surface area contributed by atoms with E-state index in [0.717, 1.165) is 18.5 Å². The van der Waals surface area contributed by atoms with Crippen molar-refractivity contribution in [2.24, 2.45) is 0 Å². The molecule has 1 fully saturated rings. The van der Waals surface area contributed by atoms with Crippen LogP contribution in [0, 0.1) is 0 Å². The van der Waals surface area contributed by atoms with Crippen molar-refractivity contribution in [3.8, 4) is 0 Å². The molecule has 35 heavy (non-hydrogen) atoms. The van der Waals surface area contributed by atoms with Gasteiger partial charge in [-0.15, -0.1) is 5.10 Å². The van der Waals surface area contributed by atoms with Crippen LogP contribution in [0.5, 0.6) is 0 Å². The highest BCUT2D eigenvalue weighted by molar-refractivity contribution is 7.89. The number of nitrogens with zero attached hydrogens (tertiary/aromatic N) is 3. The van der Waals surface area contributed by atoms with Crippen molar-refractivity contribution in [1.82, 2.24) is 19.5 Å². The van der Waals surface area contributed by atoms with E-state index in [1.165, 1.54) is 12.1 Å². The standard InChI is InChI=1S/C21H20Cl2F3N5O3S/c1-35(33,34)31-10-15(19(23)30-31)20(32)28-13-4-2-3-12(8-13)27-17-9-18(21(24,25)26)29-16-6-5-11(22)7-14(16)17/h5-7,9-10,12-13H,2-4,8H2,1H3,(H,27,29)(H,28,32)/t12-,13+/m0/s1. The monoisotopic (exact) mass is 549 g/mol. The van der Waals surface area contributed by atoms with E-state index in [-0.39, 0.29) is 34.0 Å². The summed E-state index contributed by atoms with van der Waals surface area (Å²) in [4.78, 5) is 16.4. The van der Waals surface area contributed by atoms with Crippen LogP contribution in [0.1, 0.15) is 41.7 Å². The average Bonchev–Trinajstić information content (AvgIpc) is 3.16. The molecule has 2 aromatic heterocycles. The molecule has 2 atom stereocenters. The number of carbonyl (C=O) groups excluding carboxylic acids is 1. The van der Waals surface area contributed by atoms with Gasteiger partial charge in [0.1, 0.15) is 5.69 Å². The summed E-state index contributed by atoms with van der Waals surface area (Å²) < 4.78 is 64.1. The predicted octanol–water partition coefficient (Wildman–Crippen LogP) is 4.72. The van der Waals surface area contributed by atoms with E-state index in [1.54, 1.807) is 6.07 Å². The van der Waals surface area contributed by atoms with Crippen molar-refractivity contribution in [3.05, 3.63) is 51.9 Å². The molecule has 1 amide bonds. The fraction of sp³-hybridized carbons (Fsp3) is 0.381. The molecule has 0 unspecified atom stereocenters. The molecule has 0 bridgehead atoms. The molecule has 1 saturated carbocycles. The summed E-state index contributed by atoms with van der Waals surface area (Å²) in [6.45, 7) is 0. The normalized spacial score (nSPS) is 19.0. The molecule has 1 aliphatic carbocycles. The molecule has 0 radical (unpaired) electrons. The molecule has 3 aromatic rings. The highest BCUT2D eigenvalue weighted by Gasteiger charge is 2.34. The van der Waals surface area contributed by atoms with Gasteiger partial charge in [0.2, 0.25) is 0 Å². The number of pyridine rings is 1. The van der Waals surface area contributed by atoms with Crippen molar-refractivity contribution in [3.63, 3.8) is 0 Å². The molecule has 8 nitrogen and oxygen atoms in total. The number of hydrogen-bond acceptors (Lipinski definition) is 6. The molecule has 14 heteroatoms. The van der Waals surface area contributed by atoms with Gasteiger partial charge in [-0.05, 0) is 49.9 Å². The first-order valence-corrected chi connectivity index (χ1v) is 13.1. The number of rotatable bonds is 5. The Morgan fingerprint density at radius 3 is 2.54 bits per heavy atom. The van der Waals surface area contributed by atoms with Gasteiger partial charge in [-0.2, -0.15) is 17.3 Å². The maximum Gasteiger partial charge on any atom is 0.433 e. The Labute approximate surface area is 208 Å². The minimum atomic E-state index is -4.62. The van der Waals surface area contributed by atoms with Crippen LogP contribution >= 0.6 is 23.2 Å². The van der Waals surface area contributed by atoms with Crippen molar-refractivity contribution in [2.45, 2.75) is 43.9 Å². The van der Waals surface area contributed by atoms with Crippen molar-refractivity contribution in [1.29, 1.82) is 0 Å². The van der Waals surface area contributed by atoms with Crippen LogP contribution in [0.2, 0.25) is 10.2 Å². The molecular weight excluding hydrogens is 530 g/mol. The SMILES string of the molecule is CS(=O)(=O)n1cc(C(=O)N[C@@H]2CCC[C@H](Nc3cc(C(F)(F)F)nc4ccc(Cl)cc34)C2)c(Cl)n1. The summed E-state index contributed by atoms with van der Waals surface area (Å²) in [5.41, 5.74) is -0.700. The fourth-order valence-electron chi connectivity index (χ4n) is 4.05. The third-order valence-corrected chi connectivity index (χ3v) is 7.04. The van der Waals surface area contributed by atoms with E-state index in [4.69, 9.17) is 23.2 Å².